The highest BCUT2D eigenvalue weighted by Crippen LogP contribution is 2.24. The smallest absolute Gasteiger partial charge is 0.0695 e. The molecule has 0 saturated carbocycles. The van der Waals surface area contributed by atoms with E-state index in [2.05, 4.69) is 62.5 Å². The number of pyridine rings is 1. The maximum Gasteiger partial charge on any atom is 0.0695 e. The minimum Gasteiger partial charge on any atom is -0.294 e. The van der Waals surface area contributed by atoms with Gasteiger partial charge in [0.05, 0.1) is 11.9 Å². The Morgan fingerprint density at radius 2 is 1.82 bits per heavy atom. The summed E-state index contributed by atoms with van der Waals surface area (Å²) in [5.41, 5.74) is 2.23. The van der Waals surface area contributed by atoms with Crippen LogP contribution in [0.1, 0.15) is 24.1 Å². The fourth-order valence-corrected chi connectivity index (χ4v) is 2.48. The third-order valence-corrected chi connectivity index (χ3v) is 3.03. The van der Waals surface area contributed by atoms with Gasteiger partial charge in [0.2, 0.25) is 0 Å². The SMILES string of the molecule is C=Cc1cccnc1C(C)C(N(C)C)N(C)C. The van der Waals surface area contributed by atoms with Crippen molar-refractivity contribution in [2.24, 2.45) is 0 Å². The summed E-state index contributed by atoms with van der Waals surface area (Å²) in [5, 5.41) is 0. The van der Waals surface area contributed by atoms with Crippen molar-refractivity contribution in [1.82, 2.24) is 14.8 Å². The van der Waals surface area contributed by atoms with E-state index in [4.69, 9.17) is 0 Å². The molecule has 94 valence electrons. The summed E-state index contributed by atoms with van der Waals surface area (Å²) in [5.74, 6) is 0.328. The molecule has 3 nitrogen and oxygen atoms in total. The Balaban J connectivity index is 3.09. The quantitative estimate of drug-likeness (QED) is 0.727. The maximum absolute atomic E-state index is 4.51. The van der Waals surface area contributed by atoms with Gasteiger partial charge < -0.3 is 0 Å². The first-order valence-electron chi connectivity index (χ1n) is 5.89. The third kappa shape index (κ3) is 3.14. The highest BCUT2D eigenvalue weighted by atomic mass is 15.3. The molecule has 1 aromatic heterocycles. The summed E-state index contributed by atoms with van der Waals surface area (Å²) >= 11 is 0. The molecule has 1 rings (SSSR count). The van der Waals surface area contributed by atoms with Gasteiger partial charge in [0, 0.05) is 12.1 Å². The zero-order chi connectivity index (χ0) is 13.0. The fourth-order valence-electron chi connectivity index (χ4n) is 2.48. The van der Waals surface area contributed by atoms with Crippen LogP contribution < -0.4 is 0 Å². The summed E-state index contributed by atoms with van der Waals surface area (Å²) in [6.45, 7) is 6.06. The van der Waals surface area contributed by atoms with Crippen LogP contribution >= 0.6 is 0 Å². The van der Waals surface area contributed by atoms with Gasteiger partial charge in [0.1, 0.15) is 0 Å². The van der Waals surface area contributed by atoms with Gasteiger partial charge in [-0.1, -0.05) is 25.6 Å². The molecule has 1 heterocycles. The molecule has 1 unspecified atom stereocenters. The highest BCUT2D eigenvalue weighted by molar-refractivity contribution is 5.50. The summed E-state index contributed by atoms with van der Waals surface area (Å²) in [6, 6.07) is 4.02. The molecule has 0 aliphatic carbocycles. The second-order valence-electron chi connectivity index (χ2n) is 4.81. The highest BCUT2D eigenvalue weighted by Gasteiger charge is 2.25. The molecule has 0 saturated heterocycles. The second-order valence-corrected chi connectivity index (χ2v) is 4.81. The molecular weight excluding hydrogens is 210 g/mol. The van der Waals surface area contributed by atoms with Crippen LogP contribution in [-0.4, -0.2) is 49.1 Å². The number of nitrogens with zero attached hydrogens (tertiary/aromatic N) is 3. The molecule has 1 atom stereocenters. The number of rotatable bonds is 5. The molecule has 3 heteroatoms. The van der Waals surface area contributed by atoms with E-state index < -0.39 is 0 Å². The van der Waals surface area contributed by atoms with Crippen LogP contribution in [0.4, 0.5) is 0 Å². The van der Waals surface area contributed by atoms with E-state index in [1.807, 2.05) is 18.3 Å². The number of likely N-dealkylation sites (N-methyl/N-ethyl adjacent to an activating group) is 2. The molecule has 17 heavy (non-hydrogen) atoms. The average molecular weight is 233 g/mol. The topological polar surface area (TPSA) is 19.4 Å². The molecular formula is C14H23N3. The van der Waals surface area contributed by atoms with Crippen LogP contribution in [0.25, 0.3) is 6.08 Å². The lowest BCUT2D eigenvalue weighted by Crippen LogP contribution is -2.44. The summed E-state index contributed by atoms with van der Waals surface area (Å²) in [6.07, 6.45) is 4.05. The van der Waals surface area contributed by atoms with Crippen molar-refractivity contribution in [3.05, 3.63) is 36.2 Å². The molecule has 0 N–H and O–H groups in total. The van der Waals surface area contributed by atoms with Gasteiger partial charge in [-0.2, -0.15) is 0 Å². The minimum absolute atomic E-state index is 0.323. The lowest BCUT2D eigenvalue weighted by molar-refractivity contribution is 0.105. The minimum atomic E-state index is 0.323. The second kappa shape index (κ2) is 5.94. The van der Waals surface area contributed by atoms with Gasteiger partial charge in [-0.25, -0.2) is 0 Å². The largest absolute Gasteiger partial charge is 0.294 e. The van der Waals surface area contributed by atoms with Crippen molar-refractivity contribution in [3.63, 3.8) is 0 Å². The Hall–Kier alpha value is -1.19. The third-order valence-electron chi connectivity index (χ3n) is 3.03. The first kappa shape index (κ1) is 13.9. The Morgan fingerprint density at radius 1 is 1.24 bits per heavy atom. The Bertz CT molecular complexity index is 363. The van der Waals surface area contributed by atoms with Crippen LogP contribution in [0.2, 0.25) is 0 Å². The average Bonchev–Trinajstić information content (AvgIpc) is 2.27. The van der Waals surface area contributed by atoms with Crippen LogP contribution in [0.15, 0.2) is 24.9 Å². The van der Waals surface area contributed by atoms with Gasteiger partial charge >= 0.3 is 0 Å². The van der Waals surface area contributed by atoms with Crippen molar-refractivity contribution < 1.29 is 0 Å². The van der Waals surface area contributed by atoms with Crippen molar-refractivity contribution in [2.45, 2.75) is 19.0 Å². The molecule has 0 bridgehead atoms. The van der Waals surface area contributed by atoms with Gasteiger partial charge in [0.25, 0.3) is 0 Å². The summed E-state index contributed by atoms with van der Waals surface area (Å²) in [4.78, 5) is 8.94. The maximum atomic E-state index is 4.51. The Labute approximate surface area is 105 Å². The van der Waals surface area contributed by atoms with Gasteiger partial charge in [-0.05, 0) is 39.8 Å². The van der Waals surface area contributed by atoms with E-state index in [9.17, 15) is 0 Å². The van der Waals surface area contributed by atoms with Gasteiger partial charge in [-0.15, -0.1) is 0 Å². The molecule has 0 aliphatic heterocycles. The molecule has 1 aromatic rings. The molecule has 0 spiro atoms. The Morgan fingerprint density at radius 3 is 2.29 bits per heavy atom. The fraction of sp³-hybridized carbons (Fsp3) is 0.500. The summed E-state index contributed by atoms with van der Waals surface area (Å²) in [7, 11) is 8.38. The molecule has 0 radical (unpaired) electrons. The van der Waals surface area contributed by atoms with Crippen LogP contribution in [0.5, 0.6) is 0 Å². The predicted octanol–water partition coefficient (Wildman–Crippen LogP) is 2.28. The van der Waals surface area contributed by atoms with Gasteiger partial charge in [-0.3, -0.25) is 14.8 Å². The zero-order valence-corrected chi connectivity index (χ0v) is 11.5. The van der Waals surface area contributed by atoms with Crippen molar-refractivity contribution in [1.29, 1.82) is 0 Å². The molecule has 0 aliphatic rings. The lowest BCUT2D eigenvalue weighted by Gasteiger charge is -2.35. The van der Waals surface area contributed by atoms with E-state index in [1.54, 1.807) is 0 Å². The normalized spacial score (nSPS) is 13.4. The first-order chi connectivity index (χ1) is 7.99. The standard InChI is InChI=1S/C14H23N3/c1-7-12-9-8-10-15-13(12)11(2)14(16(3)4)17(5)6/h7-11,14H,1H2,2-6H3. The molecule has 0 fully saturated rings. The number of hydrogen-bond acceptors (Lipinski definition) is 3. The van der Waals surface area contributed by atoms with E-state index in [-0.39, 0.29) is 0 Å². The van der Waals surface area contributed by atoms with E-state index >= 15 is 0 Å². The molecule has 0 amide bonds. The van der Waals surface area contributed by atoms with Crippen molar-refractivity contribution >= 4 is 6.08 Å². The number of aromatic nitrogens is 1. The van der Waals surface area contributed by atoms with Crippen LogP contribution in [-0.2, 0) is 0 Å². The zero-order valence-electron chi connectivity index (χ0n) is 11.5. The molecule has 0 aromatic carbocycles. The Kier molecular flexibility index (Phi) is 4.85. The number of hydrogen-bond donors (Lipinski definition) is 0. The summed E-state index contributed by atoms with van der Waals surface area (Å²) < 4.78 is 0. The predicted molar refractivity (Wildman–Crippen MR) is 73.9 cm³/mol. The van der Waals surface area contributed by atoms with Crippen molar-refractivity contribution in [3.8, 4) is 0 Å². The van der Waals surface area contributed by atoms with Crippen molar-refractivity contribution in [2.75, 3.05) is 28.2 Å². The van der Waals surface area contributed by atoms with Crippen LogP contribution in [0.3, 0.4) is 0 Å². The van der Waals surface area contributed by atoms with E-state index in [0.29, 0.717) is 12.1 Å². The first-order valence-corrected chi connectivity index (χ1v) is 5.89. The lowest BCUT2D eigenvalue weighted by atomic mass is 9.97. The monoisotopic (exact) mass is 233 g/mol. The van der Waals surface area contributed by atoms with E-state index in [0.717, 1.165) is 11.3 Å². The van der Waals surface area contributed by atoms with Gasteiger partial charge in [0.15, 0.2) is 0 Å². The van der Waals surface area contributed by atoms with E-state index in [1.165, 1.54) is 0 Å². The van der Waals surface area contributed by atoms with Crippen LogP contribution in [0, 0.1) is 0 Å².